The first-order chi connectivity index (χ1) is 10.1. The Morgan fingerprint density at radius 2 is 1.52 bits per heavy atom. The van der Waals surface area contributed by atoms with E-state index < -0.39 is 0 Å². The molecule has 0 heterocycles. The van der Waals surface area contributed by atoms with Crippen LogP contribution < -0.4 is 4.74 Å². The van der Waals surface area contributed by atoms with Crippen molar-refractivity contribution in [2.45, 2.75) is 26.7 Å². The van der Waals surface area contributed by atoms with Crippen molar-refractivity contribution in [1.29, 1.82) is 0 Å². The molecule has 0 saturated carbocycles. The highest BCUT2D eigenvalue weighted by atomic mass is 16.5. The Balaban J connectivity index is 1.93. The monoisotopic (exact) mass is 284 g/mol. The predicted octanol–water partition coefficient (Wildman–Crippen LogP) is 4.46. The van der Waals surface area contributed by atoms with Gasteiger partial charge >= 0.3 is 0 Å². The Labute approximate surface area is 127 Å². The smallest absolute Gasteiger partial charge is 0.118 e. The van der Waals surface area contributed by atoms with Crippen LogP contribution in [0.1, 0.15) is 25.0 Å². The molecule has 2 atom stereocenters. The molecule has 2 nitrogen and oxygen atoms in total. The van der Waals surface area contributed by atoms with E-state index in [4.69, 9.17) is 4.74 Å². The number of aromatic hydroxyl groups is 1. The molecular weight excluding hydrogens is 260 g/mol. The number of hydrogen-bond donors (Lipinski definition) is 1. The van der Waals surface area contributed by atoms with Crippen LogP contribution in [0.5, 0.6) is 11.5 Å². The summed E-state index contributed by atoms with van der Waals surface area (Å²) in [6.45, 7) is 4.57. The molecule has 0 radical (unpaired) electrons. The number of hydrogen-bond acceptors (Lipinski definition) is 2. The second-order valence-corrected chi connectivity index (χ2v) is 5.88. The molecule has 0 aliphatic carbocycles. The predicted molar refractivity (Wildman–Crippen MR) is 86.8 cm³/mol. The van der Waals surface area contributed by atoms with Crippen molar-refractivity contribution in [1.82, 2.24) is 0 Å². The molecule has 21 heavy (non-hydrogen) atoms. The molecule has 0 aliphatic rings. The standard InChI is InChI=1S/C19H24O2/c1-14(11-16-7-9-19(21-3)10-8-16)15(2)12-17-5-4-6-18(20)13-17/h4-10,13-15,20H,11-12H2,1-3H3. The van der Waals surface area contributed by atoms with Crippen molar-refractivity contribution in [2.75, 3.05) is 7.11 Å². The number of benzene rings is 2. The normalized spacial score (nSPS) is 13.7. The molecule has 2 unspecified atom stereocenters. The number of rotatable bonds is 6. The zero-order valence-electron chi connectivity index (χ0n) is 13.0. The maximum atomic E-state index is 9.54. The highest BCUT2D eigenvalue weighted by Crippen LogP contribution is 2.23. The van der Waals surface area contributed by atoms with Crippen LogP contribution in [0.3, 0.4) is 0 Å². The van der Waals surface area contributed by atoms with E-state index in [0.717, 1.165) is 18.6 Å². The van der Waals surface area contributed by atoms with Gasteiger partial charge in [0, 0.05) is 0 Å². The molecule has 1 N–H and O–H groups in total. The zero-order valence-corrected chi connectivity index (χ0v) is 13.0. The highest BCUT2D eigenvalue weighted by molar-refractivity contribution is 5.28. The van der Waals surface area contributed by atoms with E-state index in [0.29, 0.717) is 17.6 Å². The zero-order chi connectivity index (χ0) is 15.2. The van der Waals surface area contributed by atoms with Crippen LogP contribution in [0.2, 0.25) is 0 Å². The molecule has 0 saturated heterocycles. The van der Waals surface area contributed by atoms with Gasteiger partial charge in [-0.2, -0.15) is 0 Å². The largest absolute Gasteiger partial charge is 0.508 e. The minimum atomic E-state index is 0.350. The Morgan fingerprint density at radius 3 is 2.10 bits per heavy atom. The van der Waals surface area contributed by atoms with Crippen molar-refractivity contribution in [3.8, 4) is 11.5 Å². The number of phenols is 1. The van der Waals surface area contributed by atoms with E-state index in [-0.39, 0.29) is 0 Å². The molecule has 0 spiro atoms. The first kappa shape index (κ1) is 15.4. The first-order valence-electron chi connectivity index (χ1n) is 7.49. The lowest BCUT2D eigenvalue weighted by Crippen LogP contribution is -2.13. The molecule has 0 aromatic heterocycles. The summed E-state index contributed by atoms with van der Waals surface area (Å²) in [5, 5.41) is 9.54. The SMILES string of the molecule is COc1ccc(CC(C)C(C)Cc2cccc(O)c2)cc1. The van der Waals surface area contributed by atoms with Crippen molar-refractivity contribution in [2.24, 2.45) is 11.8 Å². The van der Waals surface area contributed by atoms with E-state index in [1.807, 2.05) is 24.3 Å². The molecule has 2 aromatic carbocycles. The van der Waals surface area contributed by atoms with Crippen molar-refractivity contribution in [3.05, 3.63) is 59.7 Å². The molecule has 112 valence electrons. The van der Waals surface area contributed by atoms with Crippen LogP contribution in [0.25, 0.3) is 0 Å². The average molecular weight is 284 g/mol. The maximum absolute atomic E-state index is 9.54. The quantitative estimate of drug-likeness (QED) is 0.848. The maximum Gasteiger partial charge on any atom is 0.118 e. The van der Waals surface area contributed by atoms with Crippen molar-refractivity contribution in [3.63, 3.8) is 0 Å². The van der Waals surface area contributed by atoms with E-state index in [9.17, 15) is 5.11 Å². The highest BCUT2D eigenvalue weighted by Gasteiger charge is 2.14. The average Bonchev–Trinajstić information content (AvgIpc) is 2.48. The summed E-state index contributed by atoms with van der Waals surface area (Å²) < 4.78 is 5.19. The van der Waals surface area contributed by atoms with Crippen LogP contribution in [0.4, 0.5) is 0 Å². The second-order valence-electron chi connectivity index (χ2n) is 5.88. The van der Waals surface area contributed by atoms with Gasteiger partial charge in [0.25, 0.3) is 0 Å². The summed E-state index contributed by atoms with van der Waals surface area (Å²) in [6.07, 6.45) is 2.05. The molecule has 2 rings (SSSR count). The molecule has 0 amide bonds. The fraction of sp³-hybridized carbons (Fsp3) is 0.368. The minimum absolute atomic E-state index is 0.350. The Kier molecular flexibility index (Phi) is 5.26. The lowest BCUT2D eigenvalue weighted by Gasteiger charge is -2.20. The first-order valence-corrected chi connectivity index (χ1v) is 7.49. The topological polar surface area (TPSA) is 29.5 Å². The van der Waals surface area contributed by atoms with Gasteiger partial charge in [-0.05, 0) is 60.1 Å². The number of ether oxygens (including phenoxy) is 1. The third kappa shape index (κ3) is 4.52. The summed E-state index contributed by atoms with van der Waals surface area (Å²) in [7, 11) is 1.69. The van der Waals surface area contributed by atoms with Crippen LogP contribution in [-0.4, -0.2) is 12.2 Å². The second kappa shape index (κ2) is 7.16. The Hall–Kier alpha value is -1.96. The number of phenolic OH excluding ortho intramolecular Hbond substituents is 1. The van der Waals surface area contributed by atoms with Gasteiger partial charge in [0.1, 0.15) is 11.5 Å². The van der Waals surface area contributed by atoms with Gasteiger partial charge in [-0.3, -0.25) is 0 Å². The summed E-state index contributed by atoms with van der Waals surface area (Å²) in [4.78, 5) is 0. The molecule has 0 aliphatic heterocycles. The Morgan fingerprint density at radius 1 is 0.905 bits per heavy atom. The van der Waals surface area contributed by atoms with Gasteiger partial charge in [0.15, 0.2) is 0 Å². The van der Waals surface area contributed by atoms with Gasteiger partial charge < -0.3 is 9.84 Å². The Bertz CT molecular complexity index is 560. The fourth-order valence-electron chi connectivity index (χ4n) is 2.59. The summed E-state index contributed by atoms with van der Waals surface area (Å²) in [5.41, 5.74) is 2.54. The van der Waals surface area contributed by atoms with E-state index in [1.54, 1.807) is 13.2 Å². The molecule has 2 aromatic rings. The summed E-state index contributed by atoms with van der Waals surface area (Å²) >= 11 is 0. The van der Waals surface area contributed by atoms with Gasteiger partial charge in [-0.25, -0.2) is 0 Å². The molecule has 2 heteroatoms. The lowest BCUT2D eigenvalue weighted by atomic mass is 9.85. The summed E-state index contributed by atoms with van der Waals surface area (Å²) in [6, 6.07) is 15.9. The van der Waals surface area contributed by atoms with E-state index >= 15 is 0 Å². The number of methoxy groups -OCH3 is 1. The van der Waals surface area contributed by atoms with Crippen LogP contribution in [0, 0.1) is 11.8 Å². The third-order valence-corrected chi connectivity index (χ3v) is 4.16. The van der Waals surface area contributed by atoms with Crippen LogP contribution >= 0.6 is 0 Å². The van der Waals surface area contributed by atoms with E-state index in [2.05, 4.69) is 32.0 Å². The lowest BCUT2D eigenvalue weighted by molar-refractivity contribution is 0.382. The van der Waals surface area contributed by atoms with Gasteiger partial charge in [0.2, 0.25) is 0 Å². The molecular formula is C19H24O2. The minimum Gasteiger partial charge on any atom is -0.508 e. The van der Waals surface area contributed by atoms with Crippen molar-refractivity contribution < 1.29 is 9.84 Å². The molecule has 0 fully saturated rings. The van der Waals surface area contributed by atoms with Gasteiger partial charge in [-0.15, -0.1) is 0 Å². The van der Waals surface area contributed by atoms with Crippen LogP contribution in [0.15, 0.2) is 48.5 Å². The van der Waals surface area contributed by atoms with Crippen molar-refractivity contribution >= 4 is 0 Å². The summed E-state index contributed by atoms with van der Waals surface area (Å²) in [5.74, 6) is 2.40. The fourth-order valence-corrected chi connectivity index (χ4v) is 2.59. The third-order valence-electron chi connectivity index (χ3n) is 4.16. The van der Waals surface area contributed by atoms with E-state index in [1.165, 1.54) is 11.1 Å². The van der Waals surface area contributed by atoms with Gasteiger partial charge in [-0.1, -0.05) is 38.1 Å². The van der Waals surface area contributed by atoms with Crippen LogP contribution in [-0.2, 0) is 12.8 Å². The molecule has 0 bridgehead atoms. The van der Waals surface area contributed by atoms with Gasteiger partial charge in [0.05, 0.1) is 7.11 Å².